The van der Waals surface area contributed by atoms with Gasteiger partial charge in [0.1, 0.15) is 5.60 Å². The van der Waals surface area contributed by atoms with Crippen LogP contribution in [0.4, 0.5) is 4.79 Å². The number of carbonyl (C=O) groups excluding carboxylic acids is 1. The van der Waals surface area contributed by atoms with Crippen LogP contribution in [0.1, 0.15) is 37.3 Å². The molecule has 1 aromatic rings. The molecule has 100 valence electrons. The number of carbonyl (C=O) groups is 2. The third-order valence-electron chi connectivity index (χ3n) is 1.67. The molecule has 0 fully saturated rings. The number of carboxylic acids is 1. The van der Waals surface area contributed by atoms with Crippen molar-refractivity contribution in [2.75, 3.05) is 6.54 Å². The molecule has 1 amide bonds. The second-order valence-corrected chi connectivity index (χ2v) is 4.50. The van der Waals surface area contributed by atoms with Crippen molar-refractivity contribution in [1.82, 2.24) is 15.5 Å². The summed E-state index contributed by atoms with van der Waals surface area (Å²) in [6.07, 6.45) is -0.319. The maximum absolute atomic E-state index is 11.3. The highest BCUT2D eigenvalue weighted by molar-refractivity contribution is 5.82. The van der Waals surface area contributed by atoms with E-state index >= 15 is 0 Å². The molecule has 1 aromatic heterocycles. The Morgan fingerprint density at radius 2 is 2.11 bits per heavy atom. The Morgan fingerprint density at radius 1 is 1.44 bits per heavy atom. The third-order valence-corrected chi connectivity index (χ3v) is 1.67. The molecule has 0 spiro atoms. The number of nitrogens with zero attached hydrogens (tertiary/aromatic N) is 2. The standard InChI is InChI=1S/C10H15N3O5/c1-10(2,3)17-9(16)11-5-4-6-12-7(8(14)15)13-18-6/h4-5H2,1-3H3,(H,11,16)(H,14,15). The molecule has 0 atom stereocenters. The summed E-state index contributed by atoms with van der Waals surface area (Å²) in [5.41, 5.74) is -0.564. The first-order chi connectivity index (χ1) is 8.28. The van der Waals surface area contributed by atoms with Gasteiger partial charge in [0.05, 0.1) is 0 Å². The van der Waals surface area contributed by atoms with Crippen LogP contribution in [0.3, 0.4) is 0 Å². The van der Waals surface area contributed by atoms with E-state index in [9.17, 15) is 9.59 Å². The number of carboxylic acid groups (broad SMARTS) is 1. The van der Waals surface area contributed by atoms with E-state index in [1.54, 1.807) is 20.8 Å². The van der Waals surface area contributed by atoms with E-state index in [1.807, 2.05) is 0 Å². The molecule has 0 aliphatic carbocycles. The van der Waals surface area contributed by atoms with Crippen LogP contribution in [0.15, 0.2) is 4.52 Å². The molecule has 1 heterocycles. The molecular formula is C10H15N3O5. The lowest BCUT2D eigenvalue weighted by Crippen LogP contribution is -2.33. The summed E-state index contributed by atoms with van der Waals surface area (Å²) in [6.45, 7) is 5.48. The van der Waals surface area contributed by atoms with Crippen molar-refractivity contribution in [2.24, 2.45) is 0 Å². The van der Waals surface area contributed by atoms with Gasteiger partial charge in [0.15, 0.2) is 0 Å². The molecule has 0 unspecified atom stereocenters. The summed E-state index contributed by atoms with van der Waals surface area (Å²) in [6, 6.07) is 0. The molecule has 0 aliphatic rings. The summed E-state index contributed by atoms with van der Waals surface area (Å²) < 4.78 is 9.68. The van der Waals surface area contributed by atoms with Gasteiger partial charge in [-0.05, 0) is 25.9 Å². The van der Waals surface area contributed by atoms with Crippen LogP contribution < -0.4 is 5.32 Å². The fourth-order valence-corrected chi connectivity index (χ4v) is 1.03. The Labute approximate surface area is 103 Å². The van der Waals surface area contributed by atoms with Crippen molar-refractivity contribution in [2.45, 2.75) is 32.8 Å². The Morgan fingerprint density at radius 3 is 2.61 bits per heavy atom. The normalized spacial score (nSPS) is 11.1. The Kier molecular flexibility index (Phi) is 4.24. The van der Waals surface area contributed by atoms with E-state index in [4.69, 9.17) is 9.84 Å². The van der Waals surface area contributed by atoms with Crippen LogP contribution >= 0.6 is 0 Å². The molecule has 0 radical (unpaired) electrons. The van der Waals surface area contributed by atoms with Gasteiger partial charge in [0, 0.05) is 13.0 Å². The maximum atomic E-state index is 11.3. The average Bonchev–Trinajstić information content (AvgIpc) is 2.63. The van der Waals surface area contributed by atoms with Crippen LogP contribution in [-0.4, -0.2) is 39.5 Å². The summed E-state index contributed by atoms with van der Waals surface area (Å²) in [5.74, 6) is -1.52. The number of aromatic carboxylic acids is 1. The number of alkyl carbamates (subject to hydrolysis) is 1. The van der Waals surface area contributed by atoms with Gasteiger partial charge in [-0.25, -0.2) is 9.59 Å². The van der Waals surface area contributed by atoms with Gasteiger partial charge in [-0.1, -0.05) is 0 Å². The summed E-state index contributed by atoms with van der Waals surface area (Å²) >= 11 is 0. The largest absolute Gasteiger partial charge is 0.475 e. The minimum absolute atomic E-state index is 0.142. The highest BCUT2D eigenvalue weighted by atomic mass is 16.6. The van der Waals surface area contributed by atoms with Crippen molar-refractivity contribution in [3.05, 3.63) is 11.7 Å². The molecule has 8 heteroatoms. The number of amides is 1. The third kappa shape index (κ3) is 4.81. The maximum Gasteiger partial charge on any atom is 0.407 e. The van der Waals surface area contributed by atoms with E-state index in [1.165, 1.54) is 0 Å². The monoisotopic (exact) mass is 257 g/mol. The van der Waals surface area contributed by atoms with E-state index in [2.05, 4.69) is 20.0 Å². The predicted octanol–water partition coefficient (Wildman–Crippen LogP) is 0.835. The zero-order chi connectivity index (χ0) is 13.8. The second kappa shape index (κ2) is 5.48. The molecule has 0 saturated carbocycles. The number of hydrogen-bond acceptors (Lipinski definition) is 6. The lowest BCUT2D eigenvalue weighted by molar-refractivity contribution is 0.0527. The van der Waals surface area contributed by atoms with Crippen molar-refractivity contribution in [3.63, 3.8) is 0 Å². The fraction of sp³-hybridized carbons (Fsp3) is 0.600. The van der Waals surface area contributed by atoms with E-state index < -0.39 is 23.5 Å². The van der Waals surface area contributed by atoms with Crippen molar-refractivity contribution < 1.29 is 24.0 Å². The van der Waals surface area contributed by atoms with Crippen LogP contribution in [0.2, 0.25) is 0 Å². The van der Waals surface area contributed by atoms with Crippen LogP contribution in [-0.2, 0) is 11.2 Å². The van der Waals surface area contributed by atoms with Gasteiger partial charge in [-0.3, -0.25) is 0 Å². The molecule has 18 heavy (non-hydrogen) atoms. The predicted molar refractivity (Wildman–Crippen MR) is 59.2 cm³/mol. The lowest BCUT2D eigenvalue weighted by atomic mass is 10.2. The summed E-state index contributed by atoms with van der Waals surface area (Å²) in [7, 11) is 0. The molecular weight excluding hydrogens is 242 g/mol. The van der Waals surface area contributed by atoms with Crippen LogP contribution in [0.5, 0.6) is 0 Å². The van der Waals surface area contributed by atoms with Gasteiger partial charge < -0.3 is 19.7 Å². The smallest absolute Gasteiger partial charge is 0.407 e. The van der Waals surface area contributed by atoms with Crippen LogP contribution in [0.25, 0.3) is 0 Å². The molecule has 0 aromatic carbocycles. The molecule has 2 N–H and O–H groups in total. The number of nitrogens with one attached hydrogen (secondary N) is 1. The Bertz CT molecular complexity index is 435. The Hall–Kier alpha value is -2.12. The Balaban J connectivity index is 2.33. The zero-order valence-electron chi connectivity index (χ0n) is 10.4. The quantitative estimate of drug-likeness (QED) is 0.820. The highest BCUT2D eigenvalue weighted by Gasteiger charge is 2.16. The summed E-state index contributed by atoms with van der Waals surface area (Å²) in [5, 5.41) is 14.3. The van der Waals surface area contributed by atoms with Gasteiger partial charge in [-0.2, -0.15) is 4.98 Å². The molecule has 0 aliphatic heterocycles. The van der Waals surface area contributed by atoms with Crippen LogP contribution in [0, 0.1) is 0 Å². The van der Waals surface area contributed by atoms with Gasteiger partial charge in [-0.15, -0.1) is 0 Å². The number of ether oxygens (including phenoxy) is 1. The molecule has 1 rings (SSSR count). The average molecular weight is 257 g/mol. The lowest BCUT2D eigenvalue weighted by Gasteiger charge is -2.19. The second-order valence-electron chi connectivity index (χ2n) is 4.50. The molecule has 0 saturated heterocycles. The number of rotatable bonds is 4. The number of aromatic nitrogens is 2. The van der Waals surface area contributed by atoms with Crippen molar-refractivity contribution in [3.8, 4) is 0 Å². The van der Waals surface area contributed by atoms with E-state index in [-0.39, 0.29) is 18.9 Å². The zero-order valence-corrected chi connectivity index (χ0v) is 10.4. The number of hydrogen-bond donors (Lipinski definition) is 2. The molecule has 8 nitrogen and oxygen atoms in total. The fourth-order valence-electron chi connectivity index (χ4n) is 1.03. The minimum atomic E-state index is -1.26. The topological polar surface area (TPSA) is 115 Å². The first-order valence-corrected chi connectivity index (χ1v) is 5.30. The first kappa shape index (κ1) is 13.9. The van der Waals surface area contributed by atoms with Gasteiger partial charge in [0.25, 0.3) is 5.82 Å². The van der Waals surface area contributed by atoms with Gasteiger partial charge >= 0.3 is 12.1 Å². The van der Waals surface area contributed by atoms with Gasteiger partial charge in [0.2, 0.25) is 5.89 Å². The van der Waals surface area contributed by atoms with Crippen molar-refractivity contribution >= 4 is 12.1 Å². The highest BCUT2D eigenvalue weighted by Crippen LogP contribution is 2.06. The summed E-state index contributed by atoms with van der Waals surface area (Å²) in [4.78, 5) is 25.4. The minimum Gasteiger partial charge on any atom is -0.475 e. The molecule has 0 bridgehead atoms. The van der Waals surface area contributed by atoms with E-state index in [0.29, 0.717) is 0 Å². The first-order valence-electron chi connectivity index (χ1n) is 5.30. The van der Waals surface area contributed by atoms with E-state index in [0.717, 1.165) is 0 Å². The SMILES string of the molecule is CC(C)(C)OC(=O)NCCc1nc(C(=O)O)no1. The van der Waals surface area contributed by atoms with Crippen molar-refractivity contribution in [1.29, 1.82) is 0 Å².